The van der Waals surface area contributed by atoms with Crippen LogP contribution in [0.3, 0.4) is 0 Å². The Morgan fingerprint density at radius 1 is 0.860 bits per heavy atom. The molecule has 5 nitrogen and oxygen atoms in total. The van der Waals surface area contributed by atoms with Crippen molar-refractivity contribution in [2.24, 2.45) is 5.92 Å². The minimum Gasteiger partial charge on any atom is -0.397 e. The third-order valence-corrected chi connectivity index (χ3v) is 10.3. The van der Waals surface area contributed by atoms with E-state index in [1.54, 1.807) is 28.4 Å². The van der Waals surface area contributed by atoms with Crippen molar-refractivity contribution >= 4 is 28.5 Å². The summed E-state index contributed by atoms with van der Waals surface area (Å²) in [5.41, 5.74) is 3.09. The standard InChI is InChI=1S/C36H48N2O3S2/c1-4-6-8-10-11-14-18-29(17-13-9-7-5-2)27-42-33-25-34(39)38-26-32(30-19-15-12-16-20-30)35(36(38)37-33)43(40)41-31-23-21-28(3)22-24-31/h12,15-16,19-26,29,37H,4-11,13-14,17-18,27H2,1-3H3. The lowest BCUT2D eigenvalue weighted by atomic mass is 9.96. The van der Waals surface area contributed by atoms with Gasteiger partial charge in [-0.3, -0.25) is 9.20 Å². The quantitative estimate of drug-likeness (QED) is 0.0644. The van der Waals surface area contributed by atoms with Gasteiger partial charge in [-0.2, -0.15) is 0 Å². The number of fused-ring (bicyclic) bond motifs is 1. The maximum absolute atomic E-state index is 13.8. The Morgan fingerprint density at radius 3 is 2.16 bits per heavy atom. The van der Waals surface area contributed by atoms with Crippen LogP contribution in [0.5, 0.6) is 5.75 Å². The molecule has 4 aromatic rings. The van der Waals surface area contributed by atoms with Crippen LogP contribution in [0.15, 0.2) is 81.6 Å². The second kappa shape index (κ2) is 17.5. The van der Waals surface area contributed by atoms with Gasteiger partial charge in [0.25, 0.3) is 5.56 Å². The topological polar surface area (TPSA) is 63.6 Å². The number of nitrogens with one attached hydrogen (secondary N) is 1. The molecule has 2 atom stereocenters. The van der Waals surface area contributed by atoms with Gasteiger partial charge in [-0.05, 0) is 43.4 Å². The number of aryl methyl sites for hydroxylation is 1. The first kappa shape index (κ1) is 33.1. The minimum atomic E-state index is -1.84. The molecule has 7 heteroatoms. The molecule has 0 amide bonds. The van der Waals surface area contributed by atoms with Crippen LogP contribution >= 0.6 is 11.8 Å². The molecule has 0 saturated carbocycles. The molecule has 2 aromatic carbocycles. The minimum absolute atomic E-state index is 0.137. The van der Waals surface area contributed by atoms with E-state index in [4.69, 9.17) is 4.18 Å². The predicted molar refractivity (Wildman–Crippen MR) is 183 cm³/mol. The lowest BCUT2D eigenvalue weighted by Gasteiger charge is -2.17. The van der Waals surface area contributed by atoms with Crippen molar-refractivity contribution < 1.29 is 8.39 Å². The molecule has 4 rings (SSSR count). The van der Waals surface area contributed by atoms with Crippen LogP contribution < -0.4 is 9.74 Å². The summed E-state index contributed by atoms with van der Waals surface area (Å²) in [5.74, 6) is 2.12. The maximum Gasteiger partial charge on any atom is 0.258 e. The fourth-order valence-corrected chi connectivity index (χ4v) is 7.63. The van der Waals surface area contributed by atoms with Gasteiger partial charge >= 0.3 is 0 Å². The summed E-state index contributed by atoms with van der Waals surface area (Å²) in [7, 11) is 0. The van der Waals surface area contributed by atoms with E-state index in [-0.39, 0.29) is 5.56 Å². The number of nitrogens with zero attached hydrogens (tertiary/aromatic N) is 1. The van der Waals surface area contributed by atoms with Crippen molar-refractivity contribution in [1.82, 2.24) is 9.38 Å². The Hall–Kier alpha value is -2.77. The van der Waals surface area contributed by atoms with Crippen LogP contribution in [-0.2, 0) is 11.1 Å². The van der Waals surface area contributed by atoms with E-state index in [2.05, 4.69) is 18.8 Å². The monoisotopic (exact) mass is 620 g/mol. The van der Waals surface area contributed by atoms with Crippen LogP contribution in [0.4, 0.5) is 0 Å². The molecule has 0 spiro atoms. The summed E-state index contributed by atoms with van der Waals surface area (Å²) < 4.78 is 21.3. The Balaban J connectivity index is 1.57. The SMILES string of the molecule is CCCCCCCCC(CCCCCC)CSc1cc(=O)n2cc(-c3ccccc3)c(S(=O)Oc3ccc(C)cc3)c2[nH]1. The number of rotatable bonds is 19. The van der Waals surface area contributed by atoms with E-state index in [0.717, 1.165) is 27.5 Å². The fraction of sp³-hybridized carbons (Fsp3) is 0.472. The highest BCUT2D eigenvalue weighted by molar-refractivity contribution is 7.99. The summed E-state index contributed by atoms with van der Waals surface area (Å²) in [4.78, 5) is 17.3. The molecule has 0 aliphatic rings. The molecule has 0 fully saturated rings. The first-order valence-electron chi connectivity index (χ1n) is 16.1. The molecule has 0 bridgehead atoms. The molecule has 2 unspecified atom stereocenters. The number of thioether (sulfide) groups is 1. The number of H-pyrrole nitrogens is 1. The van der Waals surface area contributed by atoms with Gasteiger partial charge in [-0.1, -0.05) is 126 Å². The van der Waals surface area contributed by atoms with Crippen molar-refractivity contribution in [2.45, 2.75) is 108 Å². The van der Waals surface area contributed by atoms with Crippen LogP contribution in [-0.4, -0.2) is 19.3 Å². The lowest BCUT2D eigenvalue weighted by molar-refractivity contribution is 0.440. The molecule has 0 saturated heterocycles. The Kier molecular flexibility index (Phi) is 13.5. The third kappa shape index (κ3) is 9.87. The summed E-state index contributed by atoms with van der Waals surface area (Å²) in [6, 6.07) is 19.0. The predicted octanol–water partition coefficient (Wildman–Crippen LogP) is 10.1. The van der Waals surface area contributed by atoms with Crippen molar-refractivity contribution in [1.29, 1.82) is 0 Å². The van der Waals surface area contributed by atoms with E-state index in [0.29, 0.717) is 22.2 Å². The molecular weight excluding hydrogens is 573 g/mol. The Bertz CT molecular complexity index is 1480. The zero-order valence-electron chi connectivity index (χ0n) is 26.1. The molecule has 2 heterocycles. The average molecular weight is 621 g/mol. The van der Waals surface area contributed by atoms with Gasteiger partial charge in [-0.15, -0.1) is 11.8 Å². The Morgan fingerprint density at radius 2 is 1.49 bits per heavy atom. The first-order valence-corrected chi connectivity index (χ1v) is 18.2. The van der Waals surface area contributed by atoms with Crippen molar-refractivity contribution in [3.05, 3.63) is 82.8 Å². The molecule has 232 valence electrons. The highest BCUT2D eigenvalue weighted by Crippen LogP contribution is 2.33. The Labute approximate surface area is 264 Å². The number of unbranched alkanes of at least 4 members (excludes halogenated alkanes) is 8. The number of hydrogen-bond donors (Lipinski definition) is 1. The van der Waals surface area contributed by atoms with Crippen LogP contribution in [0, 0.1) is 12.8 Å². The summed E-state index contributed by atoms with van der Waals surface area (Å²) in [6.45, 7) is 6.52. The highest BCUT2D eigenvalue weighted by atomic mass is 32.2. The number of aromatic amines is 1. The molecule has 0 aliphatic heterocycles. The van der Waals surface area contributed by atoms with E-state index >= 15 is 0 Å². The molecular formula is C36H48N2O3S2. The zero-order valence-corrected chi connectivity index (χ0v) is 27.7. The van der Waals surface area contributed by atoms with Gasteiger partial charge in [0.05, 0.1) is 5.03 Å². The highest BCUT2D eigenvalue weighted by Gasteiger charge is 2.23. The van der Waals surface area contributed by atoms with Crippen LogP contribution in [0.25, 0.3) is 16.8 Å². The van der Waals surface area contributed by atoms with Gasteiger partial charge in [0.1, 0.15) is 16.3 Å². The molecule has 0 aliphatic carbocycles. The average Bonchev–Trinajstić information content (AvgIpc) is 3.41. The molecule has 1 N–H and O–H groups in total. The van der Waals surface area contributed by atoms with Crippen LogP contribution in [0.2, 0.25) is 0 Å². The van der Waals surface area contributed by atoms with E-state index in [9.17, 15) is 9.00 Å². The van der Waals surface area contributed by atoms with Gasteiger partial charge in [-0.25, -0.2) is 4.21 Å². The lowest BCUT2D eigenvalue weighted by Crippen LogP contribution is -2.13. The second-order valence-corrected chi connectivity index (χ2v) is 13.7. The van der Waals surface area contributed by atoms with Gasteiger partial charge in [0, 0.05) is 23.6 Å². The van der Waals surface area contributed by atoms with Crippen molar-refractivity contribution in [3.63, 3.8) is 0 Å². The number of hydrogen-bond acceptors (Lipinski definition) is 4. The number of benzene rings is 2. The van der Waals surface area contributed by atoms with Gasteiger partial charge < -0.3 is 9.17 Å². The van der Waals surface area contributed by atoms with E-state index in [1.807, 2.05) is 61.5 Å². The first-order chi connectivity index (χ1) is 21.0. The van der Waals surface area contributed by atoms with Gasteiger partial charge in [0.2, 0.25) is 11.1 Å². The fourth-order valence-electron chi connectivity index (χ4n) is 5.50. The number of aromatic nitrogens is 2. The molecule has 0 radical (unpaired) electrons. The maximum atomic E-state index is 13.8. The smallest absolute Gasteiger partial charge is 0.258 e. The summed E-state index contributed by atoms with van der Waals surface area (Å²) >= 11 is -0.125. The summed E-state index contributed by atoms with van der Waals surface area (Å²) in [5, 5.41) is 0.810. The molecule has 2 aromatic heterocycles. The largest absolute Gasteiger partial charge is 0.397 e. The second-order valence-electron chi connectivity index (χ2n) is 11.6. The van der Waals surface area contributed by atoms with Gasteiger partial charge in [0.15, 0.2) is 0 Å². The van der Waals surface area contributed by atoms with E-state index < -0.39 is 11.1 Å². The summed E-state index contributed by atoms with van der Waals surface area (Å²) in [6.07, 6.45) is 17.2. The van der Waals surface area contributed by atoms with E-state index in [1.165, 1.54) is 77.0 Å². The third-order valence-electron chi connectivity index (χ3n) is 8.04. The van der Waals surface area contributed by atoms with Crippen LogP contribution in [0.1, 0.15) is 96.5 Å². The van der Waals surface area contributed by atoms with Crippen molar-refractivity contribution in [2.75, 3.05) is 5.75 Å². The zero-order chi connectivity index (χ0) is 30.4. The normalized spacial score (nSPS) is 12.9. The van der Waals surface area contributed by atoms with Crippen molar-refractivity contribution in [3.8, 4) is 16.9 Å². The molecule has 43 heavy (non-hydrogen) atoms.